The maximum absolute atomic E-state index is 11.4. The number of hydrogen-bond acceptors (Lipinski definition) is 3. The van der Waals surface area contributed by atoms with Gasteiger partial charge in [0.25, 0.3) is 0 Å². The molecule has 0 unspecified atom stereocenters. The average Bonchev–Trinajstić information content (AvgIpc) is 2.29. The molecular weight excluding hydrogens is 202 g/mol. The van der Waals surface area contributed by atoms with Gasteiger partial charge in [0.1, 0.15) is 0 Å². The van der Waals surface area contributed by atoms with E-state index >= 15 is 0 Å². The number of rotatable bonds is 5. The molecule has 0 aliphatic carbocycles. The van der Waals surface area contributed by atoms with Crippen LogP contribution in [0.1, 0.15) is 25.7 Å². The van der Waals surface area contributed by atoms with Crippen LogP contribution in [0.2, 0.25) is 0 Å². The molecule has 0 radical (unpaired) electrons. The molecule has 0 spiro atoms. The monoisotopic (exact) mass is 227 g/mol. The first-order valence-corrected chi connectivity index (χ1v) is 6.26. The van der Waals surface area contributed by atoms with E-state index in [1.165, 1.54) is 12.8 Å². The van der Waals surface area contributed by atoms with Gasteiger partial charge in [-0.05, 0) is 51.4 Å². The quantitative estimate of drug-likeness (QED) is 0.745. The summed E-state index contributed by atoms with van der Waals surface area (Å²) in [5, 5.41) is 0. The second kappa shape index (κ2) is 6.86. The summed E-state index contributed by atoms with van der Waals surface area (Å²) < 4.78 is 0. The zero-order chi connectivity index (χ0) is 12.0. The van der Waals surface area contributed by atoms with Crippen LogP contribution < -0.4 is 5.73 Å². The molecule has 1 amide bonds. The third-order valence-corrected chi connectivity index (χ3v) is 3.40. The summed E-state index contributed by atoms with van der Waals surface area (Å²) in [6, 6.07) is 0. The van der Waals surface area contributed by atoms with Crippen LogP contribution in [0.15, 0.2) is 0 Å². The zero-order valence-corrected chi connectivity index (χ0v) is 10.6. The summed E-state index contributed by atoms with van der Waals surface area (Å²) in [7, 11) is 3.63. The van der Waals surface area contributed by atoms with Gasteiger partial charge in [0.2, 0.25) is 5.91 Å². The van der Waals surface area contributed by atoms with Crippen LogP contribution in [0.25, 0.3) is 0 Å². The van der Waals surface area contributed by atoms with E-state index < -0.39 is 0 Å². The van der Waals surface area contributed by atoms with Gasteiger partial charge in [0.15, 0.2) is 0 Å². The lowest BCUT2D eigenvalue weighted by Crippen LogP contribution is -2.37. The normalized spacial score (nSPS) is 18.7. The molecule has 1 saturated heterocycles. The highest BCUT2D eigenvalue weighted by Gasteiger charge is 2.17. The molecule has 4 nitrogen and oxygen atoms in total. The van der Waals surface area contributed by atoms with Crippen molar-refractivity contribution < 1.29 is 4.79 Å². The van der Waals surface area contributed by atoms with Gasteiger partial charge in [0, 0.05) is 20.5 Å². The van der Waals surface area contributed by atoms with Gasteiger partial charge < -0.3 is 15.5 Å². The van der Waals surface area contributed by atoms with Crippen molar-refractivity contribution in [2.45, 2.75) is 25.7 Å². The minimum atomic E-state index is 0.233. The van der Waals surface area contributed by atoms with Crippen molar-refractivity contribution in [3.05, 3.63) is 0 Å². The number of carbonyl (C=O) groups excluding carboxylic acids is 1. The first-order chi connectivity index (χ1) is 7.63. The Hall–Kier alpha value is -0.610. The molecular formula is C12H25N3O. The predicted molar refractivity (Wildman–Crippen MR) is 66.1 cm³/mol. The van der Waals surface area contributed by atoms with Crippen molar-refractivity contribution in [1.29, 1.82) is 0 Å². The first-order valence-electron chi connectivity index (χ1n) is 6.26. The minimum absolute atomic E-state index is 0.233. The molecule has 0 bridgehead atoms. The standard InChI is InChI=1S/C12H25N3O/c1-14(2)12(16)4-3-7-15-8-5-11(10-13)6-9-15/h11H,3-10,13H2,1-2H3. The van der Waals surface area contributed by atoms with Gasteiger partial charge >= 0.3 is 0 Å². The number of likely N-dealkylation sites (tertiary alicyclic amines) is 1. The van der Waals surface area contributed by atoms with E-state index in [1.807, 2.05) is 14.1 Å². The Bertz CT molecular complexity index is 210. The lowest BCUT2D eigenvalue weighted by atomic mass is 9.97. The van der Waals surface area contributed by atoms with E-state index in [9.17, 15) is 4.79 Å². The molecule has 1 heterocycles. The third-order valence-electron chi connectivity index (χ3n) is 3.40. The van der Waals surface area contributed by atoms with Crippen LogP contribution in [-0.2, 0) is 4.79 Å². The Balaban J connectivity index is 2.08. The third kappa shape index (κ3) is 4.49. The van der Waals surface area contributed by atoms with Gasteiger partial charge in [-0.2, -0.15) is 0 Å². The molecule has 0 aromatic rings. The Morgan fingerprint density at radius 1 is 1.38 bits per heavy atom. The highest BCUT2D eigenvalue weighted by atomic mass is 16.2. The highest BCUT2D eigenvalue weighted by Crippen LogP contribution is 2.15. The lowest BCUT2D eigenvalue weighted by Gasteiger charge is -2.31. The van der Waals surface area contributed by atoms with Crippen molar-refractivity contribution in [3.63, 3.8) is 0 Å². The van der Waals surface area contributed by atoms with E-state index in [0.717, 1.165) is 38.5 Å². The first kappa shape index (κ1) is 13.5. The molecule has 0 aromatic carbocycles. The Kier molecular flexibility index (Phi) is 5.77. The summed E-state index contributed by atoms with van der Waals surface area (Å²) in [6.07, 6.45) is 4.09. The van der Waals surface area contributed by atoms with Crippen LogP contribution in [0.5, 0.6) is 0 Å². The van der Waals surface area contributed by atoms with Crippen LogP contribution in [0.4, 0.5) is 0 Å². The van der Waals surface area contributed by atoms with Gasteiger partial charge in [0.05, 0.1) is 0 Å². The Morgan fingerprint density at radius 3 is 2.50 bits per heavy atom. The Morgan fingerprint density at radius 2 is 2.00 bits per heavy atom. The molecule has 1 fully saturated rings. The summed E-state index contributed by atoms with van der Waals surface area (Å²) >= 11 is 0. The topological polar surface area (TPSA) is 49.6 Å². The highest BCUT2D eigenvalue weighted by molar-refractivity contribution is 5.75. The molecule has 1 aliphatic heterocycles. The molecule has 4 heteroatoms. The van der Waals surface area contributed by atoms with Crippen molar-refractivity contribution in [1.82, 2.24) is 9.80 Å². The van der Waals surface area contributed by atoms with Crippen LogP contribution in [0, 0.1) is 5.92 Å². The molecule has 0 aromatic heterocycles. The average molecular weight is 227 g/mol. The van der Waals surface area contributed by atoms with E-state index in [2.05, 4.69) is 4.90 Å². The lowest BCUT2D eigenvalue weighted by molar-refractivity contribution is -0.128. The molecule has 2 N–H and O–H groups in total. The van der Waals surface area contributed by atoms with Crippen LogP contribution in [0.3, 0.4) is 0 Å². The van der Waals surface area contributed by atoms with Crippen LogP contribution >= 0.6 is 0 Å². The number of nitrogens with zero attached hydrogens (tertiary/aromatic N) is 2. The SMILES string of the molecule is CN(C)C(=O)CCCN1CCC(CN)CC1. The number of piperidine rings is 1. The van der Waals surface area contributed by atoms with Gasteiger partial charge in [-0.15, -0.1) is 0 Å². The smallest absolute Gasteiger partial charge is 0.222 e. The minimum Gasteiger partial charge on any atom is -0.349 e. The fraction of sp³-hybridized carbons (Fsp3) is 0.917. The maximum atomic E-state index is 11.4. The van der Waals surface area contributed by atoms with Crippen LogP contribution in [-0.4, -0.2) is 56.0 Å². The van der Waals surface area contributed by atoms with E-state index in [-0.39, 0.29) is 5.91 Å². The predicted octanol–water partition coefficient (Wildman–Crippen LogP) is 0.526. The van der Waals surface area contributed by atoms with E-state index in [0.29, 0.717) is 6.42 Å². The summed E-state index contributed by atoms with van der Waals surface area (Å²) in [5.74, 6) is 0.955. The van der Waals surface area contributed by atoms with Gasteiger partial charge in [-0.25, -0.2) is 0 Å². The van der Waals surface area contributed by atoms with Crippen molar-refractivity contribution in [2.75, 3.05) is 40.3 Å². The number of hydrogen-bond donors (Lipinski definition) is 1. The van der Waals surface area contributed by atoms with Crippen molar-refractivity contribution >= 4 is 5.91 Å². The Labute approximate surface area is 98.8 Å². The number of amides is 1. The molecule has 1 aliphatic rings. The molecule has 0 saturated carbocycles. The van der Waals surface area contributed by atoms with E-state index in [1.54, 1.807) is 4.90 Å². The largest absolute Gasteiger partial charge is 0.349 e. The molecule has 16 heavy (non-hydrogen) atoms. The zero-order valence-electron chi connectivity index (χ0n) is 10.6. The molecule has 0 atom stereocenters. The fourth-order valence-electron chi connectivity index (χ4n) is 2.12. The van der Waals surface area contributed by atoms with Crippen molar-refractivity contribution in [3.8, 4) is 0 Å². The number of nitrogens with two attached hydrogens (primary N) is 1. The second-order valence-electron chi connectivity index (χ2n) is 4.91. The second-order valence-corrected chi connectivity index (χ2v) is 4.91. The molecule has 1 rings (SSSR count). The maximum Gasteiger partial charge on any atom is 0.222 e. The summed E-state index contributed by atoms with van der Waals surface area (Å²) in [4.78, 5) is 15.5. The number of carbonyl (C=O) groups is 1. The van der Waals surface area contributed by atoms with Gasteiger partial charge in [-0.1, -0.05) is 0 Å². The summed E-state index contributed by atoms with van der Waals surface area (Å²) in [6.45, 7) is 4.18. The van der Waals surface area contributed by atoms with Gasteiger partial charge in [-0.3, -0.25) is 4.79 Å². The molecule has 94 valence electrons. The fourth-order valence-corrected chi connectivity index (χ4v) is 2.12. The summed E-state index contributed by atoms with van der Waals surface area (Å²) in [5.41, 5.74) is 5.65. The van der Waals surface area contributed by atoms with E-state index in [4.69, 9.17) is 5.73 Å². The van der Waals surface area contributed by atoms with Crippen molar-refractivity contribution in [2.24, 2.45) is 11.7 Å².